The van der Waals surface area contributed by atoms with E-state index in [-0.39, 0.29) is 24.4 Å². The lowest BCUT2D eigenvalue weighted by molar-refractivity contribution is -0.130. The fourth-order valence-electron chi connectivity index (χ4n) is 4.12. The Morgan fingerprint density at radius 2 is 1.72 bits per heavy atom. The highest BCUT2D eigenvalue weighted by Crippen LogP contribution is 2.34. The van der Waals surface area contributed by atoms with E-state index in [4.69, 9.17) is 14.2 Å². The molecule has 162 valence electrons. The second-order valence-corrected chi connectivity index (χ2v) is 7.98. The van der Waals surface area contributed by atoms with Crippen molar-refractivity contribution in [2.24, 2.45) is 0 Å². The van der Waals surface area contributed by atoms with Crippen molar-refractivity contribution in [2.45, 2.75) is 25.6 Å². The molecule has 32 heavy (non-hydrogen) atoms. The second-order valence-electron chi connectivity index (χ2n) is 7.98. The number of nitrogens with one attached hydrogen (secondary N) is 1. The van der Waals surface area contributed by atoms with Gasteiger partial charge in [0.15, 0.2) is 17.3 Å². The van der Waals surface area contributed by atoms with Crippen LogP contribution in [-0.4, -0.2) is 37.0 Å². The van der Waals surface area contributed by atoms with E-state index >= 15 is 0 Å². The van der Waals surface area contributed by atoms with Crippen molar-refractivity contribution in [1.82, 2.24) is 5.32 Å². The molecule has 0 saturated heterocycles. The SMILES string of the molecule is CC(=O)c1ccccc1-c1ccc2c(c1)C[C@@H](CNC(=O)[C@H]1COc3ccccc3O1)O2. The van der Waals surface area contributed by atoms with E-state index in [0.29, 0.717) is 30.0 Å². The molecule has 2 heterocycles. The molecule has 2 atom stereocenters. The molecular weight excluding hydrogens is 406 g/mol. The fraction of sp³-hybridized carbons (Fsp3) is 0.231. The molecule has 3 aromatic carbocycles. The summed E-state index contributed by atoms with van der Waals surface area (Å²) in [5.41, 5.74) is 3.65. The number of fused-ring (bicyclic) bond motifs is 2. The molecule has 2 aliphatic rings. The van der Waals surface area contributed by atoms with Crippen molar-refractivity contribution in [2.75, 3.05) is 13.2 Å². The van der Waals surface area contributed by atoms with Crippen LogP contribution in [0.25, 0.3) is 11.1 Å². The van der Waals surface area contributed by atoms with Gasteiger partial charge in [0.25, 0.3) is 5.91 Å². The molecule has 0 bridgehead atoms. The zero-order valence-corrected chi connectivity index (χ0v) is 17.7. The van der Waals surface area contributed by atoms with Crippen molar-refractivity contribution in [3.8, 4) is 28.4 Å². The Kier molecular flexibility index (Phi) is 5.27. The Labute approximate surface area is 186 Å². The van der Waals surface area contributed by atoms with Crippen molar-refractivity contribution >= 4 is 11.7 Å². The van der Waals surface area contributed by atoms with Crippen LogP contribution in [0.1, 0.15) is 22.8 Å². The fourth-order valence-corrected chi connectivity index (χ4v) is 4.12. The van der Waals surface area contributed by atoms with Gasteiger partial charge < -0.3 is 19.5 Å². The lowest BCUT2D eigenvalue weighted by atomic mass is 9.95. The molecule has 1 N–H and O–H groups in total. The molecule has 6 nitrogen and oxygen atoms in total. The third kappa shape index (κ3) is 3.91. The van der Waals surface area contributed by atoms with Crippen LogP contribution in [-0.2, 0) is 11.2 Å². The minimum Gasteiger partial charge on any atom is -0.488 e. The molecule has 0 fully saturated rings. The highest BCUT2D eigenvalue weighted by atomic mass is 16.6. The maximum absolute atomic E-state index is 12.6. The maximum atomic E-state index is 12.6. The van der Waals surface area contributed by atoms with Gasteiger partial charge >= 0.3 is 0 Å². The zero-order chi connectivity index (χ0) is 22.1. The van der Waals surface area contributed by atoms with Gasteiger partial charge in [0.2, 0.25) is 6.10 Å². The lowest BCUT2D eigenvalue weighted by Gasteiger charge is -2.25. The maximum Gasteiger partial charge on any atom is 0.264 e. The average molecular weight is 429 g/mol. The van der Waals surface area contributed by atoms with Gasteiger partial charge in [-0.25, -0.2) is 0 Å². The van der Waals surface area contributed by atoms with Gasteiger partial charge in [-0.05, 0) is 47.9 Å². The summed E-state index contributed by atoms with van der Waals surface area (Å²) in [6.45, 7) is 2.12. The van der Waals surface area contributed by atoms with Crippen LogP contribution in [0, 0.1) is 0 Å². The minimum absolute atomic E-state index is 0.0365. The predicted molar refractivity (Wildman–Crippen MR) is 119 cm³/mol. The van der Waals surface area contributed by atoms with E-state index in [0.717, 1.165) is 22.4 Å². The van der Waals surface area contributed by atoms with Crippen LogP contribution >= 0.6 is 0 Å². The van der Waals surface area contributed by atoms with E-state index < -0.39 is 6.10 Å². The van der Waals surface area contributed by atoms with Gasteiger partial charge in [-0.1, -0.05) is 42.5 Å². The molecule has 2 aliphatic heterocycles. The van der Waals surface area contributed by atoms with Gasteiger partial charge in [-0.2, -0.15) is 0 Å². The Hall–Kier alpha value is -3.80. The number of benzene rings is 3. The highest BCUT2D eigenvalue weighted by molar-refractivity contribution is 6.00. The van der Waals surface area contributed by atoms with Crippen molar-refractivity contribution in [3.05, 3.63) is 77.9 Å². The van der Waals surface area contributed by atoms with Crippen LogP contribution in [0.15, 0.2) is 66.7 Å². The summed E-state index contributed by atoms with van der Waals surface area (Å²) in [5.74, 6) is 1.83. The largest absolute Gasteiger partial charge is 0.488 e. The van der Waals surface area contributed by atoms with Crippen LogP contribution in [0.3, 0.4) is 0 Å². The number of carbonyl (C=O) groups is 2. The third-order valence-electron chi connectivity index (χ3n) is 5.72. The summed E-state index contributed by atoms with van der Waals surface area (Å²) < 4.78 is 17.4. The number of ketones is 1. The monoisotopic (exact) mass is 429 g/mol. The summed E-state index contributed by atoms with van der Waals surface area (Å²) in [6, 6.07) is 20.9. The van der Waals surface area contributed by atoms with E-state index in [1.165, 1.54) is 0 Å². The Bertz CT molecular complexity index is 1190. The van der Waals surface area contributed by atoms with Crippen LogP contribution in [0.5, 0.6) is 17.2 Å². The van der Waals surface area contributed by atoms with Gasteiger partial charge in [-0.3, -0.25) is 9.59 Å². The first-order valence-corrected chi connectivity index (χ1v) is 10.6. The number of carbonyl (C=O) groups excluding carboxylic acids is 2. The number of amides is 1. The van der Waals surface area contributed by atoms with Gasteiger partial charge in [0.05, 0.1) is 6.54 Å². The van der Waals surface area contributed by atoms with E-state index in [2.05, 4.69) is 11.4 Å². The Morgan fingerprint density at radius 3 is 2.56 bits per heavy atom. The van der Waals surface area contributed by atoms with Crippen LogP contribution in [0.4, 0.5) is 0 Å². The standard InChI is InChI=1S/C26H23NO5/c1-16(28)20-6-2-3-7-21(20)17-10-11-22-18(12-17)13-19(31-22)14-27-26(29)25-15-30-23-8-4-5-9-24(23)32-25/h2-12,19,25H,13-15H2,1H3,(H,27,29)/t19-,25+/m0/s1. The third-order valence-corrected chi connectivity index (χ3v) is 5.72. The topological polar surface area (TPSA) is 73.9 Å². The van der Waals surface area contributed by atoms with Gasteiger partial charge in [0.1, 0.15) is 18.5 Å². The first-order valence-electron chi connectivity index (χ1n) is 10.6. The van der Waals surface area contributed by atoms with Crippen molar-refractivity contribution < 1.29 is 23.8 Å². The average Bonchev–Trinajstić information content (AvgIpc) is 3.24. The Balaban J connectivity index is 1.22. The molecule has 0 aliphatic carbocycles. The normalized spacial score (nSPS) is 18.4. The predicted octanol–water partition coefficient (Wildman–Crippen LogP) is 3.82. The van der Waals surface area contributed by atoms with Gasteiger partial charge in [-0.15, -0.1) is 0 Å². The number of hydrogen-bond acceptors (Lipinski definition) is 5. The number of ether oxygens (including phenoxy) is 3. The number of Topliss-reactive ketones (excluding diaryl/α,β-unsaturated/α-hetero) is 1. The van der Waals surface area contributed by atoms with E-state index in [9.17, 15) is 9.59 Å². The van der Waals surface area contributed by atoms with Gasteiger partial charge in [0, 0.05) is 12.0 Å². The molecule has 6 heteroatoms. The molecule has 0 radical (unpaired) electrons. The number of para-hydroxylation sites is 2. The molecule has 5 rings (SSSR count). The number of rotatable bonds is 5. The summed E-state index contributed by atoms with van der Waals surface area (Å²) in [4.78, 5) is 24.6. The molecule has 0 saturated carbocycles. The molecule has 0 spiro atoms. The molecular formula is C26H23NO5. The molecule has 0 aromatic heterocycles. The molecule has 3 aromatic rings. The summed E-state index contributed by atoms with van der Waals surface area (Å²) in [6.07, 6.45) is -0.177. The van der Waals surface area contributed by atoms with E-state index in [1.807, 2.05) is 54.6 Å². The molecule has 0 unspecified atom stereocenters. The quantitative estimate of drug-likeness (QED) is 0.625. The highest BCUT2D eigenvalue weighted by Gasteiger charge is 2.29. The zero-order valence-electron chi connectivity index (χ0n) is 17.7. The Morgan fingerprint density at radius 1 is 0.938 bits per heavy atom. The van der Waals surface area contributed by atoms with Crippen molar-refractivity contribution in [3.63, 3.8) is 0 Å². The van der Waals surface area contributed by atoms with Crippen molar-refractivity contribution in [1.29, 1.82) is 0 Å². The van der Waals surface area contributed by atoms with Crippen LogP contribution in [0.2, 0.25) is 0 Å². The second kappa shape index (κ2) is 8.38. The van der Waals surface area contributed by atoms with E-state index in [1.54, 1.807) is 13.0 Å². The van der Waals surface area contributed by atoms with Crippen LogP contribution < -0.4 is 19.5 Å². The smallest absolute Gasteiger partial charge is 0.264 e. The summed E-state index contributed by atoms with van der Waals surface area (Å²) in [7, 11) is 0. The summed E-state index contributed by atoms with van der Waals surface area (Å²) >= 11 is 0. The molecule has 1 amide bonds. The first-order chi connectivity index (χ1) is 15.6. The minimum atomic E-state index is -0.691. The first kappa shape index (κ1) is 20.1. The lowest BCUT2D eigenvalue weighted by Crippen LogP contribution is -2.46. The number of hydrogen-bond donors (Lipinski definition) is 1. The summed E-state index contributed by atoms with van der Waals surface area (Å²) in [5, 5.41) is 2.92.